The minimum absolute atomic E-state index is 0.0598. The van der Waals surface area contributed by atoms with Crippen LogP contribution in [0.2, 0.25) is 5.22 Å². The zero-order valence-electron chi connectivity index (χ0n) is 8.77. The van der Waals surface area contributed by atoms with Gasteiger partial charge in [0, 0.05) is 13.2 Å². The minimum Gasteiger partial charge on any atom is -0.440 e. The molecule has 0 saturated carbocycles. The van der Waals surface area contributed by atoms with Crippen LogP contribution < -0.4 is 5.32 Å². The Balaban J connectivity index is 2.21. The first-order valence-electron chi connectivity index (χ1n) is 4.60. The molecule has 86 valence electrons. The second-order valence-electron chi connectivity index (χ2n) is 3.23. The number of aromatic nitrogens is 2. The van der Waals surface area contributed by atoms with Crippen molar-refractivity contribution in [2.45, 2.75) is 0 Å². The van der Waals surface area contributed by atoms with Gasteiger partial charge in [-0.25, -0.2) is 0 Å². The molecule has 0 saturated heterocycles. The van der Waals surface area contributed by atoms with Gasteiger partial charge >= 0.3 is 0 Å². The molecular formula is C10H7ClN4O2. The van der Waals surface area contributed by atoms with E-state index in [4.69, 9.17) is 21.3 Å². The van der Waals surface area contributed by atoms with E-state index >= 15 is 0 Å². The van der Waals surface area contributed by atoms with Gasteiger partial charge in [0.1, 0.15) is 11.6 Å². The van der Waals surface area contributed by atoms with Crippen LogP contribution in [-0.4, -0.2) is 15.7 Å². The topological polar surface area (TPSA) is 83.9 Å². The summed E-state index contributed by atoms with van der Waals surface area (Å²) in [5.74, 6) is -0.260. The molecule has 2 aromatic rings. The number of nitrogens with one attached hydrogen (secondary N) is 1. The van der Waals surface area contributed by atoms with E-state index in [0.29, 0.717) is 0 Å². The number of aryl methyl sites for hydroxylation is 1. The molecule has 7 heteroatoms. The first-order chi connectivity index (χ1) is 8.10. The molecule has 0 bridgehead atoms. The zero-order valence-corrected chi connectivity index (χ0v) is 9.52. The van der Waals surface area contributed by atoms with Crippen molar-refractivity contribution in [2.75, 3.05) is 5.32 Å². The van der Waals surface area contributed by atoms with Gasteiger partial charge in [0.15, 0.2) is 16.8 Å². The average Bonchev–Trinajstić information content (AvgIpc) is 2.85. The fourth-order valence-corrected chi connectivity index (χ4v) is 1.41. The SMILES string of the molecule is Cn1cc(C#N)c(NC(=O)c2ccc(Cl)o2)n1. The molecule has 0 unspecified atom stereocenters. The van der Waals surface area contributed by atoms with E-state index in [1.54, 1.807) is 7.05 Å². The number of anilines is 1. The van der Waals surface area contributed by atoms with E-state index in [1.165, 1.54) is 23.0 Å². The Morgan fingerprint density at radius 3 is 3.00 bits per heavy atom. The van der Waals surface area contributed by atoms with Gasteiger partial charge in [-0.15, -0.1) is 0 Å². The molecule has 0 fully saturated rings. The fourth-order valence-electron chi connectivity index (χ4n) is 1.27. The summed E-state index contributed by atoms with van der Waals surface area (Å²) in [6.07, 6.45) is 1.50. The Morgan fingerprint density at radius 1 is 1.65 bits per heavy atom. The number of rotatable bonds is 2. The number of carbonyl (C=O) groups is 1. The van der Waals surface area contributed by atoms with Crippen molar-refractivity contribution in [3.05, 3.63) is 34.9 Å². The van der Waals surface area contributed by atoms with Crippen LogP contribution in [0.25, 0.3) is 0 Å². The number of nitriles is 1. The summed E-state index contributed by atoms with van der Waals surface area (Å²) < 4.78 is 6.37. The van der Waals surface area contributed by atoms with Gasteiger partial charge in [0.05, 0.1) is 0 Å². The van der Waals surface area contributed by atoms with Gasteiger partial charge in [0.2, 0.25) is 0 Å². The number of furan rings is 1. The van der Waals surface area contributed by atoms with E-state index in [0.717, 1.165) is 0 Å². The molecule has 0 aliphatic rings. The Bertz CT molecular complexity index is 608. The van der Waals surface area contributed by atoms with Crippen molar-refractivity contribution in [1.82, 2.24) is 9.78 Å². The summed E-state index contributed by atoms with van der Waals surface area (Å²) in [6.45, 7) is 0. The quantitative estimate of drug-likeness (QED) is 0.881. The molecule has 0 aliphatic carbocycles. The Labute approximate surface area is 101 Å². The summed E-state index contributed by atoms with van der Waals surface area (Å²) in [5.41, 5.74) is 0.276. The van der Waals surface area contributed by atoms with Crippen LogP contribution in [0.15, 0.2) is 22.7 Å². The smallest absolute Gasteiger partial charge is 0.292 e. The highest BCUT2D eigenvalue weighted by Gasteiger charge is 2.15. The molecule has 0 aliphatic heterocycles. The van der Waals surface area contributed by atoms with Crippen LogP contribution in [0.5, 0.6) is 0 Å². The summed E-state index contributed by atoms with van der Waals surface area (Å²) in [5, 5.41) is 15.3. The molecule has 1 amide bonds. The molecular weight excluding hydrogens is 244 g/mol. The maximum Gasteiger partial charge on any atom is 0.292 e. The maximum absolute atomic E-state index is 11.7. The van der Waals surface area contributed by atoms with Crippen molar-refractivity contribution < 1.29 is 9.21 Å². The molecule has 2 rings (SSSR count). The van der Waals surface area contributed by atoms with Crippen LogP contribution >= 0.6 is 11.6 Å². The van der Waals surface area contributed by atoms with Gasteiger partial charge in [0.25, 0.3) is 5.91 Å². The normalized spacial score (nSPS) is 9.94. The van der Waals surface area contributed by atoms with Crippen molar-refractivity contribution in [1.29, 1.82) is 5.26 Å². The molecule has 6 nitrogen and oxygen atoms in total. The van der Waals surface area contributed by atoms with Crippen molar-refractivity contribution >= 4 is 23.3 Å². The third kappa shape index (κ3) is 2.29. The first-order valence-corrected chi connectivity index (χ1v) is 4.98. The maximum atomic E-state index is 11.7. The molecule has 0 aromatic carbocycles. The lowest BCUT2D eigenvalue weighted by molar-refractivity contribution is 0.0996. The minimum atomic E-state index is -0.507. The molecule has 1 N–H and O–H groups in total. The predicted octanol–water partition coefficient (Wildman–Crippen LogP) is 1.79. The standard InChI is InChI=1S/C10H7ClN4O2/c1-15-5-6(4-12)9(14-15)13-10(16)7-2-3-8(11)17-7/h2-3,5H,1H3,(H,13,14,16). The van der Waals surface area contributed by atoms with Gasteiger partial charge in [-0.05, 0) is 23.7 Å². The van der Waals surface area contributed by atoms with Gasteiger partial charge < -0.3 is 9.73 Å². The second-order valence-corrected chi connectivity index (χ2v) is 3.61. The van der Waals surface area contributed by atoms with Gasteiger partial charge in [-0.2, -0.15) is 10.4 Å². The Hall–Kier alpha value is -2.26. The molecule has 17 heavy (non-hydrogen) atoms. The summed E-state index contributed by atoms with van der Waals surface area (Å²) in [4.78, 5) is 11.7. The van der Waals surface area contributed by atoms with E-state index < -0.39 is 5.91 Å². The number of carbonyl (C=O) groups excluding carboxylic acids is 1. The van der Waals surface area contributed by atoms with Crippen molar-refractivity contribution in [2.24, 2.45) is 7.05 Å². The monoisotopic (exact) mass is 250 g/mol. The summed E-state index contributed by atoms with van der Waals surface area (Å²) >= 11 is 5.55. The molecule has 0 atom stereocenters. The van der Waals surface area contributed by atoms with Crippen molar-refractivity contribution in [3.63, 3.8) is 0 Å². The van der Waals surface area contributed by atoms with E-state index in [-0.39, 0.29) is 22.4 Å². The summed E-state index contributed by atoms with van der Waals surface area (Å²) in [7, 11) is 1.65. The Morgan fingerprint density at radius 2 is 2.41 bits per heavy atom. The lowest BCUT2D eigenvalue weighted by Gasteiger charge is -1.98. The third-order valence-electron chi connectivity index (χ3n) is 1.98. The number of hydrogen-bond donors (Lipinski definition) is 1. The second kappa shape index (κ2) is 4.31. The lowest BCUT2D eigenvalue weighted by atomic mass is 10.3. The van der Waals surface area contributed by atoms with E-state index in [9.17, 15) is 4.79 Å². The lowest BCUT2D eigenvalue weighted by Crippen LogP contribution is -2.12. The van der Waals surface area contributed by atoms with Gasteiger partial charge in [-0.3, -0.25) is 9.48 Å². The predicted molar refractivity (Wildman–Crippen MR) is 59.6 cm³/mol. The van der Waals surface area contributed by atoms with E-state index in [1.807, 2.05) is 6.07 Å². The first kappa shape index (κ1) is 11.2. The number of amides is 1. The largest absolute Gasteiger partial charge is 0.440 e. The van der Waals surface area contributed by atoms with Gasteiger partial charge in [-0.1, -0.05) is 0 Å². The molecule has 2 heterocycles. The number of nitrogens with zero attached hydrogens (tertiary/aromatic N) is 3. The Kier molecular flexibility index (Phi) is 2.85. The number of hydrogen-bond acceptors (Lipinski definition) is 4. The average molecular weight is 251 g/mol. The molecule has 2 aromatic heterocycles. The van der Waals surface area contributed by atoms with Crippen molar-refractivity contribution in [3.8, 4) is 6.07 Å². The molecule has 0 spiro atoms. The highest BCUT2D eigenvalue weighted by Crippen LogP contribution is 2.16. The van der Waals surface area contributed by atoms with E-state index in [2.05, 4.69) is 10.4 Å². The van der Waals surface area contributed by atoms with Crippen LogP contribution in [0.4, 0.5) is 5.82 Å². The van der Waals surface area contributed by atoms with Crippen LogP contribution in [0.1, 0.15) is 16.1 Å². The number of halogens is 1. The fraction of sp³-hybridized carbons (Fsp3) is 0.100. The zero-order chi connectivity index (χ0) is 12.4. The van der Waals surface area contributed by atoms with Crippen LogP contribution in [-0.2, 0) is 7.05 Å². The van der Waals surface area contributed by atoms with Crippen LogP contribution in [0, 0.1) is 11.3 Å². The highest BCUT2D eigenvalue weighted by molar-refractivity contribution is 6.29. The molecule has 0 radical (unpaired) electrons. The third-order valence-corrected chi connectivity index (χ3v) is 2.18. The summed E-state index contributed by atoms with van der Waals surface area (Å²) in [6, 6.07) is 4.82. The highest BCUT2D eigenvalue weighted by atomic mass is 35.5. The van der Waals surface area contributed by atoms with Crippen LogP contribution in [0.3, 0.4) is 0 Å².